The molecule has 0 unspecified atom stereocenters. The molecular formula is C17H22F3N7O. The van der Waals surface area contributed by atoms with Gasteiger partial charge < -0.3 is 9.80 Å². The van der Waals surface area contributed by atoms with Gasteiger partial charge in [0.25, 0.3) is 5.78 Å². The van der Waals surface area contributed by atoms with Crippen molar-refractivity contribution in [1.82, 2.24) is 29.4 Å². The summed E-state index contributed by atoms with van der Waals surface area (Å²) < 4.78 is 39.8. The first-order valence-electron chi connectivity index (χ1n) is 9.34. The molecule has 0 aliphatic carbocycles. The van der Waals surface area contributed by atoms with E-state index in [1.165, 1.54) is 6.33 Å². The second-order valence-electron chi connectivity index (χ2n) is 7.28. The molecule has 2 saturated heterocycles. The van der Waals surface area contributed by atoms with Crippen molar-refractivity contribution in [2.75, 3.05) is 44.2 Å². The summed E-state index contributed by atoms with van der Waals surface area (Å²) in [4.78, 5) is 26.2. The summed E-state index contributed by atoms with van der Waals surface area (Å²) in [6.07, 6.45) is -1.71. The molecule has 11 heteroatoms. The number of amides is 1. The Morgan fingerprint density at radius 2 is 1.93 bits per heavy atom. The summed E-state index contributed by atoms with van der Waals surface area (Å²) in [5, 5.41) is 4.22. The lowest BCUT2D eigenvalue weighted by Gasteiger charge is -2.43. The number of fused-ring (bicyclic) bond motifs is 1. The van der Waals surface area contributed by atoms with E-state index in [1.807, 2.05) is 17.9 Å². The molecule has 4 heterocycles. The minimum atomic E-state index is -4.36. The highest BCUT2D eigenvalue weighted by Gasteiger charge is 2.40. The fourth-order valence-corrected chi connectivity index (χ4v) is 4.03. The summed E-state index contributed by atoms with van der Waals surface area (Å²) >= 11 is 0. The molecule has 0 N–H and O–H groups in total. The highest BCUT2D eigenvalue weighted by Crippen LogP contribution is 2.25. The maximum absolute atomic E-state index is 12.7. The summed E-state index contributed by atoms with van der Waals surface area (Å²) in [7, 11) is 0. The predicted molar refractivity (Wildman–Crippen MR) is 95.0 cm³/mol. The third kappa shape index (κ3) is 3.75. The third-order valence-electron chi connectivity index (χ3n) is 5.31. The first-order chi connectivity index (χ1) is 13.3. The Balaban J connectivity index is 1.44. The average molecular weight is 397 g/mol. The number of piperidine rings is 1. The van der Waals surface area contributed by atoms with Gasteiger partial charge in [0, 0.05) is 44.5 Å². The molecule has 152 valence electrons. The number of carbonyl (C=O) groups excluding carboxylic acids is 1. The van der Waals surface area contributed by atoms with Crippen LogP contribution in [0.15, 0.2) is 12.4 Å². The van der Waals surface area contributed by atoms with Gasteiger partial charge in [-0.05, 0) is 19.8 Å². The second kappa shape index (κ2) is 7.19. The molecular weight excluding hydrogens is 375 g/mol. The normalized spacial score (nSPS) is 22.3. The number of rotatable bonds is 3. The van der Waals surface area contributed by atoms with Crippen molar-refractivity contribution >= 4 is 17.5 Å². The molecule has 1 amide bonds. The fraction of sp³-hybridized carbons (Fsp3) is 0.647. The van der Waals surface area contributed by atoms with E-state index in [2.05, 4.69) is 20.0 Å². The number of anilines is 1. The van der Waals surface area contributed by atoms with Gasteiger partial charge in [-0.25, -0.2) is 4.98 Å². The van der Waals surface area contributed by atoms with Crippen LogP contribution in [-0.2, 0) is 4.79 Å². The largest absolute Gasteiger partial charge is 0.406 e. The Morgan fingerprint density at radius 3 is 2.64 bits per heavy atom. The van der Waals surface area contributed by atoms with Crippen molar-refractivity contribution < 1.29 is 18.0 Å². The van der Waals surface area contributed by atoms with Crippen molar-refractivity contribution in [3.63, 3.8) is 0 Å². The van der Waals surface area contributed by atoms with Crippen molar-refractivity contribution in [3.8, 4) is 0 Å². The van der Waals surface area contributed by atoms with Gasteiger partial charge in [0.15, 0.2) is 0 Å². The summed E-state index contributed by atoms with van der Waals surface area (Å²) in [5.41, 5.74) is 0.836. The van der Waals surface area contributed by atoms with Crippen molar-refractivity contribution in [2.24, 2.45) is 0 Å². The lowest BCUT2D eigenvalue weighted by molar-refractivity contribution is -0.167. The van der Waals surface area contributed by atoms with E-state index in [4.69, 9.17) is 0 Å². The van der Waals surface area contributed by atoms with E-state index in [1.54, 1.807) is 4.52 Å². The minimum absolute atomic E-state index is 0.176. The van der Waals surface area contributed by atoms with Gasteiger partial charge in [-0.1, -0.05) is 0 Å². The molecule has 2 aliphatic heterocycles. The number of nitrogens with zero attached hydrogens (tertiary/aromatic N) is 7. The zero-order valence-electron chi connectivity index (χ0n) is 15.6. The van der Waals surface area contributed by atoms with Crippen LogP contribution in [0.5, 0.6) is 0 Å². The molecule has 2 aromatic heterocycles. The van der Waals surface area contributed by atoms with Crippen LogP contribution >= 0.6 is 0 Å². The van der Waals surface area contributed by atoms with Crippen LogP contribution in [0.25, 0.3) is 5.78 Å². The Kier molecular flexibility index (Phi) is 4.86. The van der Waals surface area contributed by atoms with E-state index in [9.17, 15) is 18.0 Å². The number of likely N-dealkylation sites (tertiary alicyclic amines) is 1. The molecule has 8 nitrogen and oxygen atoms in total. The van der Waals surface area contributed by atoms with Crippen LogP contribution in [0.1, 0.15) is 18.5 Å². The summed E-state index contributed by atoms with van der Waals surface area (Å²) in [6.45, 7) is 3.42. The number of aryl methyl sites for hydroxylation is 1. The van der Waals surface area contributed by atoms with Crippen LogP contribution in [0.4, 0.5) is 19.0 Å². The smallest absolute Gasteiger partial charge is 0.354 e. The van der Waals surface area contributed by atoms with E-state index >= 15 is 0 Å². The van der Waals surface area contributed by atoms with Crippen LogP contribution in [0.3, 0.4) is 0 Å². The van der Waals surface area contributed by atoms with E-state index in [0.29, 0.717) is 44.8 Å². The van der Waals surface area contributed by atoms with Gasteiger partial charge in [-0.15, -0.1) is 0 Å². The van der Waals surface area contributed by atoms with Crippen molar-refractivity contribution in [1.29, 1.82) is 0 Å². The Morgan fingerprint density at radius 1 is 1.18 bits per heavy atom. The fourth-order valence-electron chi connectivity index (χ4n) is 4.03. The maximum Gasteiger partial charge on any atom is 0.406 e. The lowest BCUT2D eigenvalue weighted by Crippen LogP contribution is -2.58. The lowest BCUT2D eigenvalue weighted by atomic mass is 10.0. The van der Waals surface area contributed by atoms with Gasteiger partial charge >= 0.3 is 6.18 Å². The summed E-state index contributed by atoms with van der Waals surface area (Å²) in [5.74, 6) is 1.01. The molecule has 0 aromatic carbocycles. The van der Waals surface area contributed by atoms with Crippen LogP contribution in [-0.4, -0.2) is 86.8 Å². The molecule has 1 atom stereocenters. The van der Waals surface area contributed by atoms with Crippen LogP contribution < -0.4 is 4.90 Å². The predicted octanol–water partition coefficient (Wildman–Crippen LogP) is 1.11. The first kappa shape index (κ1) is 18.9. The van der Waals surface area contributed by atoms with Gasteiger partial charge in [0.05, 0.1) is 6.04 Å². The van der Waals surface area contributed by atoms with Gasteiger partial charge in [-0.3, -0.25) is 9.69 Å². The molecule has 28 heavy (non-hydrogen) atoms. The Labute approximate surface area is 159 Å². The molecule has 2 fully saturated rings. The number of hydrogen-bond acceptors (Lipinski definition) is 6. The average Bonchev–Trinajstić information content (AvgIpc) is 3.10. The molecule has 2 aliphatic rings. The van der Waals surface area contributed by atoms with E-state index < -0.39 is 24.7 Å². The summed E-state index contributed by atoms with van der Waals surface area (Å²) in [6, 6.07) is 1.47. The number of piperazine rings is 1. The maximum atomic E-state index is 12.7. The number of halogens is 3. The van der Waals surface area contributed by atoms with E-state index in [0.717, 1.165) is 16.4 Å². The molecule has 0 radical (unpaired) electrons. The van der Waals surface area contributed by atoms with Crippen LogP contribution in [0, 0.1) is 6.92 Å². The van der Waals surface area contributed by atoms with Gasteiger partial charge in [0.2, 0.25) is 5.91 Å². The highest BCUT2D eigenvalue weighted by atomic mass is 19.4. The SMILES string of the molecule is Cc1cc(N2CCN([C@@H]3CCCN(CC(F)(F)F)C3=O)CC2)n2ncnc2n1. The number of hydrogen-bond donors (Lipinski definition) is 0. The van der Waals surface area contributed by atoms with Crippen molar-refractivity contribution in [3.05, 3.63) is 18.1 Å². The zero-order chi connectivity index (χ0) is 19.9. The van der Waals surface area contributed by atoms with Crippen LogP contribution in [0.2, 0.25) is 0 Å². The van der Waals surface area contributed by atoms with E-state index in [-0.39, 0.29) is 6.54 Å². The van der Waals surface area contributed by atoms with Gasteiger partial charge in [-0.2, -0.15) is 27.8 Å². The number of alkyl halides is 3. The molecule has 0 saturated carbocycles. The zero-order valence-corrected chi connectivity index (χ0v) is 15.6. The quantitative estimate of drug-likeness (QED) is 0.773. The molecule has 0 bridgehead atoms. The molecule has 4 rings (SSSR count). The standard InChI is InChI=1S/C17H22F3N7O/c1-12-9-14(27-16(23-12)21-11-22-27)25-7-5-24(6-8-25)13-3-2-4-26(15(13)28)10-17(18,19)20/h9,11,13H,2-8,10H2,1H3/t13-/m1/s1. The second-order valence-corrected chi connectivity index (χ2v) is 7.28. The monoisotopic (exact) mass is 397 g/mol. The van der Waals surface area contributed by atoms with Crippen molar-refractivity contribution in [2.45, 2.75) is 32.0 Å². The molecule has 0 spiro atoms. The topological polar surface area (TPSA) is 69.9 Å². The number of carbonyl (C=O) groups is 1. The molecule has 2 aromatic rings. The van der Waals surface area contributed by atoms with Gasteiger partial charge in [0.1, 0.15) is 18.7 Å². The first-order valence-corrected chi connectivity index (χ1v) is 9.34. The Bertz CT molecular complexity index is 860. The Hall–Kier alpha value is -2.43. The minimum Gasteiger partial charge on any atom is -0.354 e. The number of aromatic nitrogens is 4. The highest BCUT2D eigenvalue weighted by molar-refractivity contribution is 5.82. The third-order valence-corrected chi connectivity index (χ3v) is 5.31.